The largest absolute Gasteiger partial charge is 0.453 e. The number of benzene rings is 10. The van der Waals surface area contributed by atoms with Crippen molar-refractivity contribution in [3.8, 4) is 61.3 Å². The van der Waals surface area contributed by atoms with Crippen LogP contribution in [0.2, 0.25) is 0 Å². The minimum atomic E-state index is 0.884. The van der Waals surface area contributed by atoms with Crippen molar-refractivity contribution in [1.29, 1.82) is 0 Å². The lowest BCUT2D eigenvalue weighted by atomic mass is 9.97. The molecule has 12 rings (SSSR count). The van der Waals surface area contributed by atoms with Gasteiger partial charge in [0, 0.05) is 39.0 Å². The summed E-state index contributed by atoms with van der Waals surface area (Å²) in [6, 6.07) is 91.1. The summed E-state index contributed by atoms with van der Waals surface area (Å²) in [5.41, 5.74) is 19.9. The zero-order valence-electron chi connectivity index (χ0n) is 35.6. The highest BCUT2D eigenvalue weighted by Crippen LogP contribution is 2.45. The Hall–Kier alpha value is -8.66. The Kier molecular flexibility index (Phi) is 9.50. The van der Waals surface area contributed by atoms with Gasteiger partial charge in [-0.1, -0.05) is 194 Å². The van der Waals surface area contributed by atoms with Gasteiger partial charge in [-0.15, -0.1) is 0 Å². The maximum Gasteiger partial charge on any atom is 0.161 e. The van der Waals surface area contributed by atoms with Crippen LogP contribution in [0.3, 0.4) is 0 Å². The highest BCUT2D eigenvalue weighted by atomic mass is 16.3. The second-order valence-corrected chi connectivity index (χ2v) is 16.5. The van der Waals surface area contributed by atoms with Gasteiger partial charge in [-0.3, -0.25) is 0 Å². The quantitative estimate of drug-likeness (QED) is 0.144. The van der Waals surface area contributed by atoms with Crippen LogP contribution in [0.25, 0.3) is 94.3 Å². The Labute approximate surface area is 378 Å². The van der Waals surface area contributed by atoms with E-state index in [2.05, 4.69) is 264 Å². The monoisotopic (exact) mass is 830 g/mol. The van der Waals surface area contributed by atoms with Crippen LogP contribution < -0.4 is 4.90 Å². The number of nitrogens with zero attached hydrogens (tertiary/aromatic N) is 2. The molecule has 0 bridgehead atoms. The Morgan fingerprint density at radius 1 is 0.292 bits per heavy atom. The third-order valence-corrected chi connectivity index (χ3v) is 12.7. The predicted molar refractivity (Wildman–Crippen MR) is 272 cm³/mol. The molecule has 0 atom stereocenters. The SMILES string of the molecule is c1ccc(-c2ccc(-c3ccc(N(c4ccc(-c5cccc6c5oc5c7ccccc7n(-c7ccccc7)c65)cc4)c4ccccc4-c4ccc(-c5ccccc5)cc4)cc3)cc2)cc1. The minimum Gasteiger partial charge on any atom is -0.453 e. The van der Waals surface area contributed by atoms with Crippen LogP contribution in [-0.2, 0) is 0 Å². The topological polar surface area (TPSA) is 21.3 Å². The smallest absolute Gasteiger partial charge is 0.161 e. The van der Waals surface area contributed by atoms with E-state index in [9.17, 15) is 0 Å². The van der Waals surface area contributed by atoms with E-state index in [1.807, 2.05) is 0 Å². The maximum absolute atomic E-state index is 6.92. The highest BCUT2D eigenvalue weighted by molar-refractivity contribution is 6.18. The molecule has 65 heavy (non-hydrogen) atoms. The molecule has 0 N–H and O–H groups in total. The van der Waals surface area contributed by atoms with Gasteiger partial charge in [0.1, 0.15) is 11.1 Å². The molecule has 2 heterocycles. The van der Waals surface area contributed by atoms with Crippen molar-refractivity contribution in [1.82, 2.24) is 4.57 Å². The summed E-state index contributed by atoms with van der Waals surface area (Å²) in [6.45, 7) is 0. The average molecular weight is 831 g/mol. The molecule has 3 nitrogen and oxygen atoms in total. The van der Waals surface area contributed by atoms with Gasteiger partial charge in [-0.05, 0) is 105 Å². The Balaban J connectivity index is 0.952. The molecule has 0 spiro atoms. The summed E-state index contributed by atoms with van der Waals surface area (Å²) in [5.74, 6) is 0. The van der Waals surface area contributed by atoms with E-state index in [1.54, 1.807) is 0 Å². The van der Waals surface area contributed by atoms with E-state index in [0.29, 0.717) is 0 Å². The lowest BCUT2D eigenvalue weighted by Gasteiger charge is -2.28. The Morgan fingerprint density at radius 3 is 1.31 bits per heavy atom. The zero-order valence-corrected chi connectivity index (χ0v) is 35.6. The van der Waals surface area contributed by atoms with Crippen LogP contribution in [0.4, 0.5) is 17.1 Å². The highest BCUT2D eigenvalue weighted by Gasteiger charge is 2.22. The zero-order chi connectivity index (χ0) is 43.1. The van der Waals surface area contributed by atoms with Crippen LogP contribution in [0.5, 0.6) is 0 Å². The van der Waals surface area contributed by atoms with Crippen LogP contribution in [-0.4, -0.2) is 4.57 Å². The minimum absolute atomic E-state index is 0.884. The second-order valence-electron chi connectivity index (χ2n) is 16.5. The van der Waals surface area contributed by atoms with Crippen LogP contribution in [0.1, 0.15) is 0 Å². The van der Waals surface area contributed by atoms with Crippen molar-refractivity contribution < 1.29 is 4.42 Å². The molecule has 0 radical (unpaired) electrons. The summed E-state index contributed by atoms with van der Waals surface area (Å²) in [6.07, 6.45) is 0. The summed E-state index contributed by atoms with van der Waals surface area (Å²) in [4.78, 5) is 2.38. The molecule has 0 aliphatic heterocycles. The molecule has 0 fully saturated rings. The number of para-hydroxylation sites is 4. The van der Waals surface area contributed by atoms with E-state index < -0.39 is 0 Å². The number of anilines is 3. The van der Waals surface area contributed by atoms with Crippen molar-refractivity contribution >= 4 is 50.0 Å². The average Bonchev–Trinajstić information content (AvgIpc) is 3.93. The summed E-state index contributed by atoms with van der Waals surface area (Å²) in [7, 11) is 0. The van der Waals surface area contributed by atoms with Gasteiger partial charge < -0.3 is 13.9 Å². The number of aromatic nitrogens is 1. The van der Waals surface area contributed by atoms with Gasteiger partial charge in [0.25, 0.3) is 0 Å². The molecule has 12 aromatic rings. The number of rotatable bonds is 9. The molecule has 2 aromatic heterocycles. The van der Waals surface area contributed by atoms with Crippen molar-refractivity contribution in [2.75, 3.05) is 4.90 Å². The van der Waals surface area contributed by atoms with E-state index in [1.165, 1.54) is 33.4 Å². The van der Waals surface area contributed by atoms with Gasteiger partial charge in [-0.2, -0.15) is 0 Å². The van der Waals surface area contributed by atoms with Crippen LogP contribution >= 0.6 is 0 Å². The summed E-state index contributed by atoms with van der Waals surface area (Å²) in [5, 5.41) is 2.19. The molecule has 0 aliphatic rings. The van der Waals surface area contributed by atoms with Crippen molar-refractivity contribution in [2.45, 2.75) is 0 Å². The fraction of sp³-hybridized carbons (Fsp3) is 0. The van der Waals surface area contributed by atoms with Crippen molar-refractivity contribution in [3.63, 3.8) is 0 Å². The van der Waals surface area contributed by atoms with Gasteiger partial charge in [0.2, 0.25) is 0 Å². The third-order valence-electron chi connectivity index (χ3n) is 12.7. The number of furan rings is 1. The molecular formula is C62H42N2O. The number of hydrogen-bond acceptors (Lipinski definition) is 2. The summed E-state index contributed by atoms with van der Waals surface area (Å²) >= 11 is 0. The first kappa shape index (κ1) is 38.0. The van der Waals surface area contributed by atoms with E-state index in [4.69, 9.17) is 4.42 Å². The number of hydrogen-bond donors (Lipinski definition) is 0. The maximum atomic E-state index is 6.92. The first-order valence-corrected chi connectivity index (χ1v) is 22.2. The van der Waals surface area contributed by atoms with Gasteiger partial charge >= 0.3 is 0 Å². The molecular weight excluding hydrogens is 789 g/mol. The Bertz CT molecular complexity index is 3590. The molecule has 0 saturated heterocycles. The molecule has 0 aliphatic carbocycles. The van der Waals surface area contributed by atoms with Crippen LogP contribution in [0.15, 0.2) is 259 Å². The fourth-order valence-corrected chi connectivity index (χ4v) is 9.46. The van der Waals surface area contributed by atoms with Gasteiger partial charge in [-0.25, -0.2) is 0 Å². The van der Waals surface area contributed by atoms with Crippen molar-refractivity contribution in [3.05, 3.63) is 255 Å². The predicted octanol–water partition coefficient (Wildman–Crippen LogP) is 17.3. The molecule has 306 valence electrons. The Morgan fingerprint density at radius 2 is 0.708 bits per heavy atom. The van der Waals surface area contributed by atoms with Crippen LogP contribution in [0, 0.1) is 0 Å². The van der Waals surface area contributed by atoms with E-state index >= 15 is 0 Å². The molecule has 0 unspecified atom stereocenters. The lowest BCUT2D eigenvalue weighted by molar-refractivity contribution is 0.674. The normalized spacial score (nSPS) is 11.4. The fourth-order valence-electron chi connectivity index (χ4n) is 9.46. The second kappa shape index (κ2) is 16.2. The third kappa shape index (κ3) is 6.87. The van der Waals surface area contributed by atoms with E-state index in [0.717, 1.165) is 78.0 Å². The lowest BCUT2D eigenvalue weighted by Crippen LogP contribution is -2.11. The summed E-state index contributed by atoms with van der Waals surface area (Å²) < 4.78 is 9.25. The number of fused-ring (bicyclic) bond motifs is 5. The van der Waals surface area contributed by atoms with E-state index in [-0.39, 0.29) is 0 Å². The first-order chi connectivity index (χ1) is 32.2. The molecule has 3 heteroatoms. The van der Waals surface area contributed by atoms with Gasteiger partial charge in [0.15, 0.2) is 5.58 Å². The molecule has 0 amide bonds. The van der Waals surface area contributed by atoms with Crippen molar-refractivity contribution in [2.24, 2.45) is 0 Å². The molecule has 10 aromatic carbocycles. The standard InChI is InChI=1S/C62H42N2O/c1-4-15-43(16-5-1)45-27-29-47(30-28-45)48-35-39-52(40-36-48)63(58-25-12-10-21-54(58)49-33-31-46(32-34-49)44-17-6-2-7-18-44)53-41-37-50(38-42-53)55-23-14-24-57-60-62(65-61(55)57)56-22-11-13-26-59(56)64(60)51-19-8-3-9-20-51/h1-42H. The molecule has 0 saturated carbocycles. The van der Waals surface area contributed by atoms with Gasteiger partial charge in [0.05, 0.1) is 11.2 Å². The first-order valence-electron chi connectivity index (χ1n) is 22.2.